The van der Waals surface area contributed by atoms with Gasteiger partial charge in [-0.15, -0.1) is 0 Å². The molecular weight excluding hydrogens is 346 g/mol. The summed E-state index contributed by atoms with van der Waals surface area (Å²) >= 11 is 0. The van der Waals surface area contributed by atoms with Crippen molar-refractivity contribution in [2.75, 3.05) is 19.4 Å². The van der Waals surface area contributed by atoms with Crippen LogP contribution in [-0.2, 0) is 13.6 Å². The molecule has 3 nitrogen and oxygen atoms in total. The molecule has 0 aliphatic carbocycles. The molecule has 0 bridgehead atoms. The minimum absolute atomic E-state index is 0. The molecule has 1 aliphatic heterocycles. The Morgan fingerprint density at radius 2 is 1.64 bits per heavy atom. The molecule has 1 heterocycles. The first-order chi connectivity index (χ1) is 5.41. The molecular formula is C8H16O3PRb2+. The van der Waals surface area contributed by atoms with Gasteiger partial charge in [0.1, 0.15) is 0 Å². The molecule has 0 saturated carbocycles. The van der Waals surface area contributed by atoms with Gasteiger partial charge in [-0.3, -0.25) is 11.0 Å². The van der Waals surface area contributed by atoms with Gasteiger partial charge in [0.05, 0.1) is 6.16 Å². The van der Waals surface area contributed by atoms with Gasteiger partial charge in [-0.25, -0.2) is 0 Å². The molecule has 0 aromatic carbocycles. The van der Waals surface area contributed by atoms with Gasteiger partial charge >= 0.3 is 124 Å². The maximum atomic E-state index is 11.8. The van der Waals surface area contributed by atoms with Crippen LogP contribution in [0.5, 0.6) is 0 Å². The first kappa shape index (κ1) is 20.1. The van der Waals surface area contributed by atoms with Crippen LogP contribution < -0.4 is 116 Å². The van der Waals surface area contributed by atoms with E-state index in [1.54, 1.807) is 0 Å². The summed E-state index contributed by atoms with van der Waals surface area (Å²) in [5, 5.41) is 0. The van der Waals surface area contributed by atoms with Gasteiger partial charge in [0.25, 0.3) is 0 Å². The van der Waals surface area contributed by atoms with Gasteiger partial charge in [0.2, 0.25) is 0 Å². The van der Waals surface area contributed by atoms with E-state index in [1.807, 2.05) is 27.2 Å². The molecule has 0 spiro atoms. The van der Waals surface area contributed by atoms with Crippen molar-refractivity contribution in [2.24, 2.45) is 5.41 Å². The number of hydrogen-bond acceptors (Lipinski definition) is 3. The molecule has 72 valence electrons. The fourth-order valence-corrected chi connectivity index (χ4v) is 3.17. The largest absolute Gasteiger partial charge is 1.00 e. The molecule has 1 rings (SSSR count). The third kappa shape index (κ3) is 8.79. The van der Waals surface area contributed by atoms with E-state index in [4.69, 9.17) is 9.05 Å². The summed E-state index contributed by atoms with van der Waals surface area (Å²) in [5.74, 6) is 0. The average Bonchev–Trinajstić information content (AvgIpc) is 1.83. The van der Waals surface area contributed by atoms with E-state index >= 15 is 0 Å². The minimum atomic E-state index is -2.77. The summed E-state index contributed by atoms with van der Waals surface area (Å²) in [7, 11) is -2.77. The molecule has 6 heteroatoms. The minimum Gasteiger partial charge on any atom is -0.341 e. The smallest absolute Gasteiger partial charge is 0.341 e. The summed E-state index contributed by atoms with van der Waals surface area (Å²) in [6, 6.07) is 0. The van der Waals surface area contributed by atoms with E-state index in [0.717, 1.165) is 0 Å². The third-order valence-corrected chi connectivity index (χ3v) is 3.87. The van der Waals surface area contributed by atoms with Crippen molar-refractivity contribution < 1.29 is 130 Å². The van der Waals surface area contributed by atoms with Gasteiger partial charge in [-0.05, 0) is 5.41 Å². The van der Waals surface area contributed by atoms with Crippen LogP contribution in [0.15, 0.2) is 0 Å². The first-order valence-corrected chi connectivity index (χ1v) is 5.84. The molecule has 1 fully saturated rings. The fourth-order valence-electron chi connectivity index (χ4n) is 1.09. The van der Waals surface area contributed by atoms with Crippen LogP contribution in [0.4, 0.5) is 0 Å². The SMILES string of the molecule is CC(C)(C)CP1(=O)OC[CH-]CO1.[Rb+].[Rb+]. The van der Waals surface area contributed by atoms with Crippen molar-refractivity contribution in [3.63, 3.8) is 0 Å². The summed E-state index contributed by atoms with van der Waals surface area (Å²) in [6.45, 7) is 6.98. The number of rotatable bonds is 1. The van der Waals surface area contributed by atoms with Gasteiger partial charge in [-0.1, -0.05) is 34.0 Å². The second-order valence-corrected chi connectivity index (χ2v) is 6.26. The van der Waals surface area contributed by atoms with Crippen molar-refractivity contribution in [1.29, 1.82) is 0 Å². The van der Waals surface area contributed by atoms with Gasteiger partial charge in [-0.2, -0.15) is 0 Å². The van der Waals surface area contributed by atoms with Crippen LogP contribution in [0, 0.1) is 11.8 Å². The molecule has 1 saturated heterocycles. The zero-order valence-electron chi connectivity index (χ0n) is 9.87. The molecule has 0 aromatic rings. The molecule has 0 atom stereocenters. The summed E-state index contributed by atoms with van der Waals surface area (Å²) in [4.78, 5) is 0. The molecule has 0 unspecified atom stereocenters. The maximum absolute atomic E-state index is 11.8. The van der Waals surface area contributed by atoms with Crippen LogP contribution in [0.1, 0.15) is 20.8 Å². The summed E-state index contributed by atoms with van der Waals surface area (Å²) in [5.41, 5.74) is -0.00708. The monoisotopic (exact) mass is 361 g/mol. The van der Waals surface area contributed by atoms with Crippen LogP contribution >= 0.6 is 7.60 Å². The third-order valence-electron chi connectivity index (χ3n) is 1.45. The Kier molecular flexibility index (Phi) is 12.6. The fraction of sp³-hybridized carbons (Fsp3) is 0.875. The standard InChI is InChI=1S/C8H16O3P.2Rb/c1-8(2,3)7-12(9)10-5-4-6-11-12;;/h4H,5-7H2,1-3H3;;/q-1;2*+1. The summed E-state index contributed by atoms with van der Waals surface area (Å²) in [6.07, 6.45) is 2.33. The van der Waals surface area contributed by atoms with E-state index in [2.05, 4.69) is 0 Å². The normalized spacial score (nSPS) is 20.5. The maximum Gasteiger partial charge on any atom is 1.00 e. The Hall–Kier alpha value is 3.76. The zero-order valence-corrected chi connectivity index (χ0v) is 20.6. The Balaban J connectivity index is 0. The van der Waals surface area contributed by atoms with E-state index in [1.165, 1.54) is 0 Å². The van der Waals surface area contributed by atoms with Crippen LogP contribution in [0.2, 0.25) is 0 Å². The molecule has 14 heavy (non-hydrogen) atoms. The van der Waals surface area contributed by atoms with E-state index < -0.39 is 7.60 Å². The average molecular weight is 362 g/mol. The molecule has 1 aliphatic rings. The van der Waals surface area contributed by atoms with Gasteiger partial charge < -0.3 is 9.05 Å². The zero-order chi connectivity index (χ0) is 9.24. The van der Waals surface area contributed by atoms with E-state index in [0.29, 0.717) is 19.4 Å². The van der Waals surface area contributed by atoms with Crippen molar-refractivity contribution >= 4 is 7.60 Å². The first-order valence-electron chi connectivity index (χ1n) is 4.11. The Morgan fingerprint density at radius 1 is 1.21 bits per heavy atom. The molecule has 0 aromatic heterocycles. The van der Waals surface area contributed by atoms with Crippen molar-refractivity contribution in [2.45, 2.75) is 20.8 Å². The molecule has 0 N–H and O–H groups in total. The van der Waals surface area contributed by atoms with E-state index in [-0.39, 0.29) is 122 Å². The second-order valence-electron chi connectivity index (χ2n) is 4.21. The van der Waals surface area contributed by atoms with Crippen molar-refractivity contribution in [3.8, 4) is 0 Å². The Labute approximate surface area is 185 Å². The topological polar surface area (TPSA) is 35.5 Å². The number of hydrogen-bond donors (Lipinski definition) is 0. The predicted octanol–water partition coefficient (Wildman–Crippen LogP) is -3.52. The molecule has 0 radical (unpaired) electrons. The quantitative estimate of drug-likeness (QED) is 0.359. The van der Waals surface area contributed by atoms with Crippen molar-refractivity contribution in [1.82, 2.24) is 0 Å². The Bertz CT molecular complexity index is 193. The van der Waals surface area contributed by atoms with Crippen molar-refractivity contribution in [3.05, 3.63) is 6.42 Å². The van der Waals surface area contributed by atoms with Crippen LogP contribution in [-0.4, -0.2) is 19.4 Å². The Morgan fingerprint density at radius 3 is 2.00 bits per heavy atom. The van der Waals surface area contributed by atoms with Gasteiger partial charge in [0, 0.05) is 0 Å². The van der Waals surface area contributed by atoms with Crippen LogP contribution in [0.3, 0.4) is 0 Å². The molecule has 0 amide bonds. The van der Waals surface area contributed by atoms with Crippen LogP contribution in [0.25, 0.3) is 0 Å². The summed E-state index contributed by atoms with van der Waals surface area (Å²) < 4.78 is 22.0. The van der Waals surface area contributed by atoms with Gasteiger partial charge in [0.15, 0.2) is 0 Å². The second kappa shape index (κ2) is 8.79. The predicted molar refractivity (Wildman–Crippen MR) is 48.1 cm³/mol. The van der Waals surface area contributed by atoms with E-state index in [9.17, 15) is 4.57 Å².